The van der Waals surface area contributed by atoms with E-state index in [1.165, 1.54) is 6.33 Å². The monoisotopic (exact) mass is 164 g/mol. The molecule has 0 unspecified atom stereocenters. The van der Waals surface area contributed by atoms with Gasteiger partial charge in [0.05, 0.1) is 6.33 Å². The second kappa shape index (κ2) is 2.17. The van der Waals surface area contributed by atoms with Crippen molar-refractivity contribution in [2.75, 3.05) is 0 Å². The number of hydrogen-bond acceptors (Lipinski definition) is 3. The highest BCUT2D eigenvalue weighted by molar-refractivity contribution is 5.69. The molecule has 0 amide bonds. The lowest BCUT2D eigenvalue weighted by Gasteiger charge is -1.99. The standard InChI is InChI=1S/C7H8N4O/c1-10-3-8-5-6(12)9-4-11(2)7(5)10/h3-4H,1-2H3. The molecule has 62 valence electrons. The summed E-state index contributed by atoms with van der Waals surface area (Å²) in [6, 6.07) is 0. The molecule has 0 spiro atoms. The minimum absolute atomic E-state index is 0.274. The molecule has 0 fully saturated rings. The molecule has 5 heteroatoms. The van der Waals surface area contributed by atoms with Gasteiger partial charge in [-0.05, 0) is 0 Å². The van der Waals surface area contributed by atoms with Crippen LogP contribution in [0.3, 0.4) is 0 Å². The maximum absolute atomic E-state index is 11.1. The summed E-state index contributed by atoms with van der Waals surface area (Å²) in [5, 5.41) is 0. The van der Waals surface area contributed by atoms with Gasteiger partial charge < -0.3 is 9.13 Å². The number of aromatic nitrogens is 4. The van der Waals surface area contributed by atoms with Crippen LogP contribution in [0.1, 0.15) is 0 Å². The summed E-state index contributed by atoms with van der Waals surface area (Å²) < 4.78 is 3.56. The SMILES string of the molecule is Cn1cnc(=O)c2ncn(C)c21. The molecule has 2 rings (SSSR count). The van der Waals surface area contributed by atoms with Gasteiger partial charge in [-0.15, -0.1) is 0 Å². The van der Waals surface area contributed by atoms with Crippen LogP contribution in [-0.4, -0.2) is 19.1 Å². The first-order valence-electron chi connectivity index (χ1n) is 3.53. The average Bonchev–Trinajstić information content (AvgIpc) is 2.42. The minimum Gasteiger partial charge on any atom is -0.320 e. The van der Waals surface area contributed by atoms with E-state index in [4.69, 9.17) is 0 Å². The van der Waals surface area contributed by atoms with Crippen LogP contribution in [0.4, 0.5) is 0 Å². The van der Waals surface area contributed by atoms with E-state index in [-0.39, 0.29) is 5.56 Å². The number of rotatable bonds is 0. The summed E-state index contributed by atoms with van der Waals surface area (Å²) in [6.45, 7) is 0. The third-order valence-electron chi connectivity index (χ3n) is 1.79. The van der Waals surface area contributed by atoms with Crippen molar-refractivity contribution in [3.63, 3.8) is 0 Å². The van der Waals surface area contributed by atoms with Gasteiger partial charge in [0.1, 0.15) is 12.0 Å². The third kappa shape index (κ3) is 0.761. The second-order valence-corrected chi connectivity index (χ2v) is 2.69. The van der Waals surface area contributed by atoms with Gasteiger partial charge in [0.25, 0.3) is 0 Å². The van der Waals surface area contributed by atoms with E-state index >= 15 is 0 Å². The van der Waals surface area contributed by atoms with Gasteiger partial charge in [0.15, 0.2) is 5.52 Å². The average molecular weight is 164 g/mol. The molecule has 0 saturated heterocycles. The fourth-order valence-electron chi connectivity index (χ4n) is 1.25. The van der Waals surface area contributed by atoms with Gasteiger partial charge >= 0.3 is 5.56 Å². The Kier molecular flexibility index (Phi) is 1.27. The molecule has 12 heavy (non-hydrogen) atoms. The van der Waals surface area contributed by atoms with E-state index < -0.39 is 0 Å². The zero-order chi connectivity index (χ0) is 8.72. The Balaban J connectivity index is 3.09. The maximum Gasteiger partial charge on any atom is 0.300 e. The van der Waals surface area contributed by atoms with Crippen molar-refractivity contribution in [2.45, 2.75) is 0 Å². The predicted molar refractivity (Wildman–Crippen MR) is 43.8 cm³/mol. The first-order valence-corrected chi connectivity index (χ1v) is 3.53. The fraction of sp³-hybridized carbons (Fsp3) is 0.286. The molecule has 0 aliphatic carbocycles. The van der Waals surface area contributed by atoms with Crippen LogP contribution in [0.5, 0.6) is 0 Å². The smallest absolute Gasteiger partial charge is 0.300 e. The molecule has 0 radical (unpaired) electrons. The Morgan fingerprint density at radius 2 is 1.75 bits per heavy atom. The van der Waals surface area contributed by atoms with Crippen molar-refractivity contribution in [3.05, 3.63) is 23.0 Å². The first-order chi connectivity index (χ1) is 5.70. The van der Waals surface area contributed by atoms with Crippen molar-refractivity contribution >= 4 is 11.2 Å². The Bertz CT molecular complexity index is 482. The van der Waals surface area contributed by atoms with E-state index in [1.807, 2.05) is 14.1 Å². The van der Waals surface area contributed by atoms with Crippen LogP contribution in [0.2, 0.25) is 0 Å². The van der Waals surface area contributed by atoms with Gasteiger partial charge in [0, 0.05) is 14.1 Å². The van der Waals surface area contributed by atoms with Crippen LogP contribution in [-0.2, 0) is 14.1 Å². The lowest BCUT2D eigenvalue weighted by Crippen LogP contribution is -2.11. The number of fused-ring (bicyclic) bond motifs is 1. The van der Waals surface area contributed by atoms with Crippen molar-refractivity contribution in [3.8, 4) is 0 Å². The molecular formula is C7H8N4O. The molecule has 0 aromatic carbocycles. The largest absolute Gasteiger partial charge is 0.320 e. The van der Waals surface area contributed by atoms with E-state index in [0.717, 1.165) is 5.65 Å². The van der Waals surface area contributed by atoms with Gasteiger partial charge in [-0.1, -0.05) is 0 Å². The number of nitrogens with zero attached hydrogens (tertiary/aromatic N) is 4. The highest BCUT2D eigenvalue weighted by Crippen LogP contribution is 2.03. The summed E-state index contributed by atoms with van der Waals surface area (Å²) in [4.78, 5) is 18.7. The number of aryl methyl sites for hydroxylation is 2. The normalized spacial score (nSPS) is 10.8. The van der Waals surface area contributed by atoms with Crippen LogP contribution in [0.15, 0.2) is 17.4 Å². The second-order valence-electron chi connectivity index (χ2n) is 2.69. The van der Waals surface area contributed by atoms with Gasteiger partial charge in [-0.25, -0.2) is 4.98 Å². The molecule has 2 heterocycles. The molecule has 2 aromatic rings. The van der Waals surface area contributed by atoms with Crippen LogP contribution < -0.4 is 5.56 Å². The lowest BCUT2D eigenvalue weighted by atomic mass is 10.5. The Labute approximate surface area is 68.3 Å². The number of imidazole rings is 1. The molecule has 0 saturated carbocycles. The number of hydrogen-bond donors (Lipinski definition) is 0. The molecule has 0 atom stereocenters. The van der Waals surface area contributed by atoms with Crippen molar-refractivity contribution in [2.24, 2.45) is 14.1 Å². The van der Waals surface area contributed by atoms with E-state index in [0.29, 0.717) is 5.52 Å². The van der Waals surface area contributed by atoms with Crippen LogP contribution >= 0.6 is 0 Å². The molecule has 2 aromatic heterocycles. The molecule has 0 aliphatic heterocycles. The van der Waals surface area contributed by atoms with Gasteiger partial charge in [-0.2, -0.15) is 4.98 Å². The third-order valence-corrected chi connectivity index (χ3v) is 1.79. The zero-order valence-corrected chi connectivity index (χ0v) is 6.85. The van der Waals surface area contributed by atoms with E-state index in [1.54, 1.807) is 15.5 Å². The molecule has 5 nitrogen and oxygen atoms in total. The molecule has 0 N–H and O–H groups in total. The summed E-state index contributed by atoms with van der Waals surface area (Å²) in [5.74, 6) is 0. The molecule has 0 aliphatic rings. The summed E-state index contributed by atoms with van der Waals surface area (Å²) in [6.07, 6.45) is 3.10. The first kappa shape index (κ1) is 7.02. The van der Waals surface area contributed by atoms with Crippen molar-refractivity contribution < 1.29 is 0 Å². The van der Waals surface area contributed by atoms with Crippen molar-refractivity contribution in [1.82, 2.24) is 19.1 Å². The van der Waals surface area contributed by atoms with Gasteiger partial charge in [0.2, 0.25) is 0 Å². The highest BCUT2D eigenvalue weighted by Gasteiger charge is 2.05. The topological polar surface area (TPSA) is 52.7 Å². The zero-order valence-electron chi connectivity index (χ0n) is 6.85. The van der Waals surface area contributed by atoms with Crippen LogP contribution in [0, 0.1) is 0 Å². The summed E-state index contributed by atoms with van der Waals surface area (Å²) in [5.41, 5.74) is 0.932. The quantitative estimate of drug-likeness (QED) is 0.535. The highest BCUT2D eigenvalue weighted by atomic mass is 16.1. The minimum atomic E-state index is -0.274. The Morgan fingerprint density at radius 1 is 1.17 bits per heavy atom. The molecule has 0 bridgehead atoms. The molecular weight excluding hydrogens is 156 g/mol. The van der Waals surface area contributed by atoms with Crippen molar-refractivity contribution in [1.29, 1.82) is 0 Å². The van der Waals surface area contributed by atoms with E-state index in [9.17, 15) is 4.79 Å². The maximum atomic E-state index is 11.1. The lowest BCUT2D eigenvalue weighted by molar-refractivity contribution is 0.830. The fourth-order valence-corrected chi connectivity index (χ4v) is 1.25. The predicted octanol–water partition coefficient (Wildman–Crippen LogP) is -0.333. The van der Waals surface area contributed by atoms with E-state index in [2.05, 4.69) is 9.97 Å². The van der Waals surface area contributed by atoms with Crippen LogP contribution in [0.25, 0.3) is 11.2 Å². The van der Waals surface area contributed by atoms with Gasteiger partial charge in [-0.3, -0.25) is 4.79 Å². The Hall–Kier alpha value is -1.65. The Morgan fingerprint density at radius 3 is 2.33 bits per heavy atom. The summed E-state index contributed by atoms with van der Waals surface area (Å²) in [7, 11) is 3.67. The summed E-state index contributed by atoms with van der Waals surface area (Å²) >= 11 is 0.